The summed E-state index contributed by atoms with van der Waals surface area (Å²) in [5.41, 5.74) is 7.68. The van der Waals surface area contributed by atoms with Gasteiger partial charge in [-0.1, -0.05) is 41.9 Å². The molecule has 0 amide bonds. The third-order valence-corrected chi connectivity index (χ3v) is 14.7. The number of aryl methyl sites for hydroxylation is 3. The number of nitrogens with zero attached hydrogens (tertiary/aromatic N) is 8. The maximum atomic E-state index is 11.4. The van der Waals surface area contributed by atoms with Gasteiger partial charge >= 0.3 is 0 Å². The van der Waals surface area contributed by atoms with Gasteiger partial charge in [-0.25, -0.2) is 10.3 Å². The van der Waals surface area contributed by atoms with Crippen molar-refractivity contribution in [2.75, 3.05) is 45.2 Å². The van der Waals surface area contributed by atoms with Crippen LogP contribution < -0.4 is 25.9 Å². The van der Waals surface area contributed by atoms with E-state index in [9.17, 15) is 21.6 Å². The monoisotopic (exact) mass is 890 g/mol. The molecule has 61 heavy (non-hydrogen) atoms. The van der Waals surface area contributed by atoms with E-state index < -0.39 is 20.4 Å². The molecule has 0 radical (unpaired) electrons. The normalized spacial score (nSPS) is 18.0. The maximum Gasteiger partial charge on any atom is 0.276 e. The number of H-pyrrole nitrogens is 1. The molecule has 17 nitrogen and oxygen atoms in total. The van der Waals surface area contributed by atoms with Crippen LogP contribution in [-0.2, 0) is 20.4 Å². The summed E-state index contributed by atoms with van der Waals surface area (Å²) in [4.78, 5) is 13.5. The van der Waals surface area contributed by atoms with Gasteiger partial charge in [0.1, 0.15) is 0 Å². The molecule has 4 fully saturated rings. The van der Waals surface area contributed by atoms with Crippen molar-refractivity contribution in [1.29, 1.82) is 0 Å². The molecule has 20 heteroatoms. The number of aromatic amines is 1. The number of halogens is 1. The summed E-state index contributed by atoms with van der Waals surface area (Å²) in [7, 11) is -3.96. The van der Waals surface area contributed by atoms with Crippen molar-refractivity contribution in [3.63, 3.8) is 0 Å². The first-order valence-electron chi connectivity index (χ1n) is 19.8. The first kappa shape index (κ1) is 44.3. The van der Waals surface area contributed by atoms with Crippen molar-refractivity contribution in [2.24, 2.45) is 21.1 Å². The van der Waals surface area contributed by atoms with E-state index in [4.69, 9.17) is 21.9 Å². The molecule has 2 spiro atoms. The Balaban J connectivity index is 0.000000130. The lowest BCUT2D eigenvalue weighted by atomic mass is 9.60. The SMILES string of the molecule is CN(C1CC2(CNC2)C1)S(N)(=O)=O.Cc1ccc2c(=O)cn[nH]c2c1.Cc1ccc2c(Cl)cnnc2c1.Cc1ccc2c(N3CC4(CC(N(C)S(N)(=O)=O)C4)C3)cnnc2c1. The molecule has 324 valence electrons. The molecule has 2 aliphatic heterocycles. The summed E-state index contributed by atoms with van der Waals surface area (Å²) >= 11 is 5.91. The number of aromatic nitrogens is 6. The highest BCUT2D eigenvalue weighted by Gasteiger charge is 2.55. The minimum Gasteiger partial charge on any atom is -0.368 e. The zero-order valence-corrected chi connectivity index (χ0v) is 37.1. The smallest absolute Gasteiger partial charge is 0.276 e. The van der Waals surface area contributed by atoms with Gasteiger partial charge in [-0.3, -0.25) is 9.89 Å². The number of rotatable bonds is 5. The van der Waals surface area contributed by atoms with Crippen LogP contribution in [0.4, 0.5) is 5.69 Å². The minimum absolute atomic E-state index is 0.0251. The molecule has 2 saturated carbocycles. The number of fused-ring (bicyclic) bond motifs is 3. The predicted octanol–water partition coefficient (Wildman–Crippen LogP) is 3.74. The number of benzene rings is 3. The number of anilines is 1. The van der Waals surface area contributed by atoms with Gasteiger partial charge in [0.2, 0.25) is 5.43 Å². The molecule has 2 aliphatic carbocycles. The predicted molar refractivity (Wildman–Crippen MR) is 238 cm³/mol. The summed E-state index contributed by atoms with van der Waals surface area (Å²) in [5, 5.41) is 39.4. The molecule has 6 N–H and O–H groups in total. The average Bonchev–Trinajstić information content (AvgIpc) is 3.12. The molecule has 2 saturated heterocycles. The highest BCUT2D eigenvalue weighted by Crippen LogP contribution is 2.52. The van der Waals surface area contributed by atoms with Crippen molar-refractivity contribution in [2.45, 2.75) is 58.5 Å². The Bertz CT molecular complexity index is 2860. The molecule has 0 bridgehead atoms. The number of nitrogens with two attached hydrogens (primary N) is 2. The second-order valence-corrected chi connectivity index (χ2v) is 20.6. The van der Waals surface area contributed by atoms with E-state index in [1.807, 2.05) is 69.4 Å². The first-order valence-corrected chi connectivity index (χ1v) is 23.1. The molecule has 3 aromatic heterocycles. The van der Waals surface area contributed by atoms with Crippen molar-refractivity contribution < 1.29 is 16.8 Å². The number of nitrogens with one attached hydrogen (secondary N) is 2. The zero-order valence-electron chi connectivity index (χ0n) is 34.7. The van der Waals surface area contributed by atoms with Gasteiger partial charge in [0.05, 0.1) is 45.9 Å². The topological polar surface area (TPSA) is 239 Å². The number of hydrogen-bond donors (Lipinski definition) is 4. The largest absolute Gasteiger partial charge is 0.368 e. The Morgan fingerprint density at radius 1 is 0.705 bits per heavy atom. The van der Waals surface area contributed by atoms with Crippen molar-refractivity contribution in [3.05, 3.63) is 105 Å². The third kappa shape index (κ3) is 9.84. The van der Waals surface area contributed by atoms with Gasteiger partial charge in [-0.05, 0) is 92.8 Å². The van der Waals surface area contributed by atoms with Crippen LogP contribution >= 0.6 is 11.6 Å². The molecule has 6 aromatic rings. The minimum atomic E-state index is -3.59. The van der Waals surface area contributed by atoms with E-state index in [0.717, 1.165) is 90.4 Å². The highest BCUT2D eigenvalue weighted by molar-refractivity contribution is 7.87. The van der Waals surface area contributed by atoms with Gasteiger partial charge in [0, 0.05) is 73.9 Å². The van der Waals surface area contributed by atoms with Crippen molar-refractivity contribution in [1.82, 2.24) is 44.5 Å². The molecule has 0 unspecified atom stereocenters. The van der Waals surface area contributed by atoms with Crippen molar-refractivity contribution in [3.8, 4) is 0 Å². The molecule has 0 atom stereocenters. The fourth-order valence-corrected chi connectivity index (χ4v) is 9.84. The van der Waals surface area contributed by atoms with Crippen LogP contribution in [-0.4, -0.2) is 108 Å². The second-order valence-electron chi connectivity index (χ2n) is 17.0. The first-order chi connectivity index (χ1) is 28.7. The summed E-state index contributed by atoms with van der Waals surface area (Å²) in [6, 6.07) is 17.9. The van der Waals surface area contributed by atoms with Crippen molar-refractivity contribution >= 4 is 70.4 Å². The summed E-state index contributed by atoms with van der Waals surface area (Å²) in [6.45, 7) is 9.95. The van der Waals surface area contributed by atoms with Gasteiger partial charge in [0.25, 0.3) is 20.4 Å². The quantitative estimate of drug-likeness (QED) is 0.194. The van der Waals surface area contributed by atoms with Crippen LogP contribution in [0.3, 0.4) is 0 Å². The second kappa shape index (κ2) is 17.2. The van der Waals surface area contributed by atoms with Gasteiger partial charge in [0.15, 0.2) is 0 Å². The number of hydrogen-bond acceptors (Lipinski definition) is 12. The molecule has 3 aromatic carbocycles. The Morgan fingerprint density at radius 3 is 1.74 bits per heavy atom. The molecular formula is C41H51ClN12O5S2. The van der Waals surface area contributed by atoms with Crippen LogP contribution in [0.1, 0.15) is 42.4 Å². The molecular weight excluding hydrogens is 840 g/mol. The van der Waals surface area contributed by atoms with Crippen LogP contribution in [0, 0.1) is 31.6 Å². The molecule has 10 rings (SSSR count). The van der Waals surface area contributed by atoms with Crippen LogP contribution in [0.15, 0.2) is 78.0 Å². The Hall–Kier alpha value is -4.73. The van der Waals surface area contributed by atoms with E-state index in [2.05, 4.69) is 52.9 Å². The Labute approximate surface area is 360 Å². The fourth-order valence-electron chi connectivity index (χ4n) is 8.51. The van der Waals surface area contributed by atoms with E-state index >= 15 is 0 Å². The standard InChI is InChI=1S/C16H21N5O2S.C9H7ClN2.C9H8N2O.C7H15N3O2S/c1-11-3-4-13-14(5-11)19-18-8-15(13)21-9-16(10-21)6-12(7-16)20(2)24(17,22)23;1-6-2-3-7-8(10)5-11-12-9(7)4-6;1-6-2-3-7-8(4-6)11-10-5-9(7)12;1-10(13(8,11)12)6-2-7(3-6)4-9-5-7/h3-5,8,12H,6-7,9-10H2,1-2H3,(H2,17,22,23);2-5H,1H3;2-5H,1H3,(H,11,12);6,9H,2-5H2,1H3,(H2,8,11,12). The summed E-state index contributed by atoms with van der Waals surface area (Å²) < 4.78 is 47.4. The van der Waals surface area contributed by atoms with E-state index in [0.29, 0.717) is 15.8 Å². The van der Waals surface area contributed by atoms with Crippen LogP contribution in [0.5, 0.6) is 0 Å². The lowest BCUT2D eigenvalue weighted by Crippen LogP contribution is -2.67. The van der Waals surface area contributed by atoms with Gasteiger partial charge < -0.3 is 10.2 Å². The average molecular weight is 892 g/mol. The van der Waals surface area contributed by atoms with Crippen LogP contribution in [0.2, 0.25) is 5.02 Å². The highest BCUT2D eigenvalue weighted by atomic mass is 35.5. The van der Waals surface area contributed by atoms with E-state index in [1.54, 1.807) is 20.3 Å². The summed E-state index contributed by atoms with van der Waals surface area (Å²) in [5.74, 6) is 0. The maximum absolute atomic E-state index is 11.4. The Kier molecular flexibility index (Phi) is 12.5. The van der Waals surface area contributed by atoms with Crippen LogP contribution in [0.25, 0.3) is 32.7 Å². The lowest BCUT2D eigenvalue weighted by molar-refractivity contribution is -0.000323. The lowest BCUT2D eigenvalue weighted by Gasteiger charge is -2.60. The van der Waals surface area contributed by atoms with E-state index in [1.165, 1.54) is 25.9 Å². The van der Waals surface area contributed by atoms with Gasteiger partial charge in [-0.2, -0.15) is 50.9 Å². The molecule has 4 aliphatic rings. The Morgan fingerprint density at radius 2 is 1.20 bits per heavy atom. The van der Waals surface area contributed by atoms with E-state index in [-0.39, 0.29) is 22.9 Å². The van der Waals surface area contributed by atoms with Gasteiger partial charge in [-0.15, -0.1) is 0 Å². The fraction of sp³-hybridized carbons (Fsp3) is 0.415. The summed E-state index contributed by atoms with van der Waals surface area (Å²) in [6.07, 6.45) is 8.30. The zero-order chi connectivity index (χ0) is 43.9. The molecule has 5 heterocycles. The third-order valence-electron chi connectivity index (χ3n) is 12.2.